The first-order valence-electron chi connectivity index (χ1n) is 5.36. The molecule has 16 heavy (non-hydrogen) atoms. The van der Waals surface area contributed by atoms with Gasteiger partial charge in [0, 0.05) is 36.7 Å². The summed E-state index contributed by atoms with van der Waals surface area (Å²) in [5.74, 6) is -0.831. The first-order chi connectivity index (χ1) is 7.41. The first kappa shape index (κ1) is 13.7. The van der Waals surface area contributed by atoms with Gasteiger partial charge in [-0.1, -0.05) is 13.8 Å². The molecule has 1 heterocycles. The van der Waals surface area contributed by atoms with Gasteiger partial charge in [0.25, 0.3) is 0 Å². The highest BCUT2D eigenvalue weighted by Gasteiger charge is 2.32. The van der Waals surface area contributed by atoms with Crippen molar-refractivity contribution in [3.63, 3.8) is 0 Å². The third-order valence-corrected chi connectivity index (χ3v) is 2.69. The second-order valence-electron chi connectivity index (χ2n) is 4.20. The van der Waals surface area contributed by atoms with Crippen LogP contribution in [0.25, 0.3) is 0 Å². The van der Waals surface area contributed by atoms with Gasteiger partial charge in [-0.3, -0.25) is 9.59 Å². The van der Waals surface area contributed by atoms with Crippen molar-refractivity contribution in [3.05, 3.63) is 0 Å². The van der Waals surface area contributed by atoms with Crippen LogP contribution in [0.3, 0.4) is 0 Å². The molecular formula is C10H18N2O2S2. The van der Waals surface area contributed by atoms with Gasteiger partial charge in [-0.2, -0.15) is 25.3 Å². The van der Waals surface area contributed by atoms with Crippen LogP contribution >= 0.6 is 25.3 Å². The zero-order valence-corrected chi connectivity index (χ0v) is 11.4. The lowest BCUT2D eigenvalue weighted by Gasteiger charge is -2.35. The molecule has 2 atom stereocenters. The Morgan fingerprint density at radius 3 is 1.56 bits per heavy atom. The lowest BCUT2D eigenvalue weighted by Crippen LogP contribution is -2.56. The second-order valence-corrected chi connectivity index (χ2v) is 5.96. The Morgan fingerprint density at radius 2 is 1.31 bits per heavy atom. The van der Waals surface area contributed by atoms with Gasteiger partial charge in [0.05, 0.1) is 0 Å². The largest absolute Gasteiger partial charge is 0.332 e. The molecule has 1 aliphatic heterocycles. The van der Waals surface area contributed by atoms with Crippen molar-refractivity contribution in [3.8, 4) is 0 Å². The van der Waals surface area contributed by atoms with E-state index in [2.05, 4.69) is 25.3 Å². The lowest BCUT2D eigenvalue weighted by molar-refractivity contribution is -0.155. The van der Waals surface area contributed by atoms with E-state index in [1.807, 2.05) is 13.8 Å². The molecule has 0 N–H and O–H groups in total. The summed E-state index contributed by atoms with van der Waals surface area (Å²) >= 11 is 8.45. The fourth-order valence-corrected chi connectivity index (χ4v) is 2.10. The van der Waals surface area contributed by atoms with Gasteiger partial charge >= 0.3 is 11.8 Å². The Morgan fingerprint density at radius 1 is 1.00 bits per heavy atom. The summed E-state index contributed by atoms with van der Waals surface area (Å²) in [6, 6.07) is 0. The highest BCUT2D eigenvalue weighted by molar-refractivity contribution is 7.81. The van der Waals surface area contributed by atoms with Crippen molar-refractivity contribution in [1.29, 1.82) is 0 Å². The average molecular weight is 262 g/mol. The molecule has 6 heteroatoms. The summed E-state index contributed by atoms with van der Waals surface area (Å²) in [7, 11) is 0. The lowest BCUT2D eigenvalue weighted by atomic mass is 10.2. The average Bonchev–Trinajstić information content (AvgIpc) is 2.16. The maximum atomic E-state index is 11.7. The number of carbonyl (C=O) groups is 2. The van der Waals surface area contributed by atoms with Gasteiger partial charge in [-0.15, -0.1) is 0 Å². The summed E-state index contributed by atoms with van der Waals surface area (Å²) in [5.41, 5.74) is 0. The van der Waals surface area contributed by atoms with Crippen molar-refractivity contribution >= 4 is 37.1 Å². The van der Waals surface area contributed by atoms with Gasteiger partial charge < -0.3 is 9.80 Å². The van der Waals surface area contributed by atoms with E-state index in [1.165, 1.54) is 0 Å². The molecule has 1 aliphatic rings. The summed E-state index contributed by atoms with van der Waals surface area (Å²) in [6.45, 7) is 6.05. The minimum absolute atomic E-state index is 0.0899. The van der Waals surface area contributed by atoms with Crippen LogP contribution in [0.5, 0.6) is 0 Å². The Hall–Kier alpha value is -0.360. The molecule has 0 aromatic carbocycles. The summed E-state index contributed by atoms with van der Waals surface area (Å²) in [6.07, 6.45) is 0. The van der Waals surface area contributed by atoms with Crippen LogP contribution in [-0.4, -0.2) is 58.3 Å². The van der Waals surface area contributed by atoms with Gasteiger partial charge in [-0.25, -0.2) is 0 Å². The van der Waals surface area contributed by atoms with Gasteiger partial charge in [0.2, 0.25) is 0 Å². The van der Waals surface area contributed by atoms with Gasteiger partial charge in [0.15, 0.2) is 0 Å². The standard InChI is InChI=1S/C10H18N2O2S2/c1-7(15)5-11-3-4-12(6-8(2)16)10(14)9(11)13/h7-8,15-16H,3-6H2,1-2H3. The van der Waals surface area contributed by atoms with Crippen LogP contribution < -0.4 is 0 Å². The number of hydrogen-bond acceptors (Lipinski definition) is 4. The molecule has 92 valence electrons. The number of hydrogen-bond donors (Lipinski definition) is 2. The zero-order valence-electron chi connectivity index (χ0n) is 9.59. The summed E-state index contributed by atoms with van der Waals surface area (Å²) in [5, 5.41) is 0.180. The molecule has 4 nitrogen and oxygen atoms in total. The van der Waals surface area contributed by atoms with E-state index in [0.29, 0.717) is 26.2 Å². The van der Waals surface area contributed by atoms with E-state index in [9.17, 15) is 9.59 Å². The molecule has 0 spiro atoms. The number of thiol groups is 2. The summed E-state index contributed by atoms with van der Waals surface area (Å²) < 4.78 is 0. The van der Waals surface area contributed by atoms with E-state index in [0.717, 1.165) is 0 Å². The molecule has 1 fully saturated rings. The molecule has 0 aliphatic carbocycles. The van der Waals surface area contributed by atoms with Crippen molar-refractivity contribution in [2.75, 3.05) is 26.2 Å². The van der Waals surface area contributed by atoms with Crippen LogP contribution in [0.4, 0.5) is 0 Å². The number of amides is 2. The molecule has 0 aromatic heterocycles. The minimum Gasteiger partial charge on any atom is -0.332 e. The molecule has 1 rings (SSSR count). The highest BCUT2D eigenvalue weighted by atomic mass is 32.1. The van der Waals surface area contributed by atoms with E-state index in [1.54, 1.807) is 9.80 Å². The highest BCUT2D eigenvalue weighted by Crippen LogP contribution is 2.09. The van der Waals surface area contributed by atoms with Crippen LogP contribution in [0.1, 0.15) is 13.8 Å². The maximum absolute atomic E-state index is 11.7. The van der Waals surface area contributed by atoms with Crippen LogP contribution in [0.15, 0.2) is 0 Å². The summed E-state index contributed by atoms with van der Waals surface area (Å²) in [4.78, 5) is 26.6. The molecular weight excluding hydrogens is 244 g/mol. The predicted molar refractivity (Wildman–Crippen MR) is 70.1 cm³/mol. The fraction of sp³-hybridized carbons (Fsp3) is 0.800. The topological polar surface area (TPSA) is 40.6 Å². The number of nitrogens with zero attached hydrogens (tertiary/aromatic N) is 2. The van der Waals surface area contributed by atoms with Gasteiger partial charge in [-0.05, 0) is 0 Å². The quantitative estimate of drug-likeness (QED) is 0.565. The van der Waals surface area contributed by atoms with Crippen LogP contribution in [-0.2, 0) is 9.59 Å². The Bertz CT molecular complexity index is 254. The van der Waals surface area contributed by atoms with Crippen molar-refractivity contribution in [2.24, 2.45) is 0 Å². The molecule has 2 unspecified atom stereocenters. The third-order valence-electron chi connectivity index (χ3n) is 2.37. The van der Waals surface area contributed by atoms with E-state index < -0.39 is 11.8 Å². The van der Waals surface area contributed by atoms with Crippen molar-refractivity contribution < 1.29 is 9.59 Å². The molecule has 0 radical (unpaired) electrons. The van der Waals surface area contributed by atoms with Gasteiger partial charge in [0.1, 0.15) is 0 Å². The SMILES string of the molecule is CC(S)CN1CCN(CC(C)S)C(=O)C1=O. The molecule has 1 saturated heterocycles. The first-order valence-corrected chi connectivity index (χ1v) is 6.39. The Balaban J connectivity index is 2.58. The number of piperazine rings is 1. The number of carbonyl (C=O) groups excluding carboxylic acids is 2. The molecule has 2 amide bonds. The Labute approximate surface area is 107 Å². The molecule has 0 aromatic rings. The normalized spacial score (nSPS) is 21.2. The fourth-order valence-electron chi connectivity index (χ4n) is 1.70. The van der Waals surface area contributed by atoms with E-state index >= 15 is 0 Å². The van der Waals surface area contributed by atoms with Crippen LogP contribution in [0.2, 0.25) is 0 Å². The maximum Gasteiger partial charge on any atom is 0.312 e. The van der Waals surface area contributed by atoms with E-state index in [-0.39, 0.29) is 10.5 Å². The van der Waals surface area contributed by atoms with Crippen molar-refractivity contribution in [2.45, 2.75) is 24.3 Å². The zero-order chi connectivity index (χ0) is 12.3. The predicted octanol–water partition coefficient (Wildman–Crippen LogP) is 0.294. The van der Waals surface area contributed by atoms with E-state index in [4.69, 9.17) is 0 Å². The minimum atomic E-state index is -0.416. The molecule has 0 saturated carbocycles. The number of rotatable bonds is 4. The monoisotopic (exact) mass is 262 g/mol. The smallest absolute Gasteiger partial charge is 0.312 e. The van der Waals surface area contributed by atoms with Crippen LogP contribution in [0, 0.1) is 0 Å². The van der Waals surface area contributed by atoms with Crippen molar-refractivity contribution in [1.82, 2.24) is 9.80 Å². The third kappa shape index (κ3) is 3.59. The molecule has 0 bridgehead atoms. The Kier molecular flexibility index (Phi) is 4.98. The second kappa shape index (κ2) is 5.82.